The number of carbonyl (C=O) groups is 1. The second-order valence-electron chi connectivity index (χ2n) is 2.44. The van der Waals surface area contributed by atoms with Crippen molar-refractivity contribution in [1.82, 2.24) is 0 Å². The third kappa shape index (κ3) is 2.37. The van der Waals surface area contributed by atoms with Crippen LogP contribution in [0.2, 0.25) is 0 Å². The molecule has 0 amide bonds. The van der Waals surface area contributed by atoms with Gasteiger partial charge in [0.05, 0.1) is 5.56 Å². The highest BCUT2D eigenvalue weighted by molar-refractivity contribution is 7.89. The van der Waals surface area contributed by atoms with E-state index in [0.29, 0.717) is 11.3 Å². The summed E-state index contributed by atoms with van der Waals surface area (Å²) in [5.74, 6) is -0.546. The Morgan fingerprint density at radius 3 is 2.69 bits per heavy atom. The molecule has 0 aliphatic rings. The van der Waals surface area contributed by atoms with E-state index in [9.17, 15) is 4.79 Å². The quantitative estimate of drug-likeness (QED) is 0.732. The summed E-state index contributed by atoms with van der Waals surface area (Å²) >= 11 is 0.230. The first kappa shape index (κ1) is 9.88. The van der Waals surface area contributed by atoms with Gasteiger partial charge in [0.2, 0.25) is 12.3 Å². The summed E-state index contributed by atoms with van der Waals surface area (Å²) in [6.07, 6.45) is 0. The monoisotopic (exact) mass is 200 g/mol. The molecule has 2 N–H and O–H groups in total. The van der Waals surface area contributed by atoms with Crippen molar-refractivity contribution in [2.45, 2.75) is 6.92 Å². The predicted octanol–water partition coefficient (Wildman–Crippen LogP) is 2.19. The first-order valence-electron chi connectivity index (χ1n) is 3.47. The highest BCUT2D eigenvalue weighted by atomic mass is 32.2. The molecule has 0 radical (unpaired) electrons. The average molecular weight is 200 g/mol. The Morgan fingerprint density at radius 2 is 2.23 bits per heavy atom. The molecule has 0 atom stereocenters. The summed E-state index contributed by atoms with van der Waals surface area (Å²) in [5, 5.41) is 8.69. The molecule has 5 heteroatoms. The highest BCUT2D eigenvalue weighted by Crippen LogP contribution is 2.19. The van der Waals surface area contributed by atoms with E-state index in [1.165, 1.54) is 12.1 Å². The van der Waals surface area contributed by atoms with Crippen LogP contribution < -0.4 is 4.18 Å². The van der Waals surface area contributed by atoms with Crippen LogP contribution in [-0.2, 0) is 0 Å². The van der Waals surface area contributed by atoms with Crippen LogP contribution in [0.4, 0.5) is 0 Å². The van der Waals surface area contributed by atoms with Gasteiger partial charge in [0.15, 0.2) is 0 Å². The lowest BCUT2D eigenvalue weighted by Gasteiger charge is -2.03. The van der Waals surface area contributed by atoms with Crippen LogP contribution in [0.1, 0.15) is 15.9 Å². The predicted molar refractivity (Wildman–Crippen MR) is 49.0 cm³/mol. The molecule has 0 aliphatic heterocycles. The molecule has 0 aromatic heterocycles. The number of benzene rings is 1. The Hall–Kier alpha value is -1.20. The van der Waals surface area contributed by atoms with Gasteiger partial charge in [-0.2, -0.15) is 0 Å². The SMILES string of the molecule is Cc1cc(OSO)ccc1C(=O)O. The minimum Gasteiger partial charge on any atom is -0.478 e. The summed E-state index contributed by atoms with van der Waals surface area (Å²) in [4.78, 5) is 10.6. The van der Waals surface area contributed by atoms with Crippen LogP contribution in [0.15, 0.2) is 18.2 Å². The zero-order valence-corrected chi connectivity index (χ0v) is 7.67. The summed E-state index contributed by atoms with van der Waals surface area (Å²) in [7, 11) is 0. The lowest BCUT2D eigenvalue weighted by Crippen LogP contribution is -1.99. The van der Waals surface area contributed by atoms with Gasteiger partial charge in [-0.15, -0.1) is 0 Å². The van der Waals surface area contributed by atoms with Gasteiger partial charge in [0, 0.05) is 0 Å². The molecule has 0 bridgehead atoms. The molecule has 4 nitrogen and oxygen atoms in total. The second-order valence-corrected chi connectivity index (χ2v) is 2.76. The van der Waals surface area contributed by atoms with Crippen molar-refractivity contribution < 1.29 is 18.6 Å². The van der Waals surface area contributed by atoms with E-state index >= 15 is 0 Å². The molecule has 0 saturated heterocycles. The Kier molecular flexibility index (Phi) is 3.16. The van der Waals surface area contributed by atoms with Gasteiger partial charge in [0.1, 0.15) is 5.75 Å². The molecule has 1 aromatic carbocycles. The minimum absolute atomic E-state index is 0.230. The Morgan fingerprint density at radius 1 is 1.54 bits per heavy atom. The fourth-order valence-corrected chi connectivity index (χ4v) is 1.16. The molecule has 0 fully saturated rings. The molecule has 0 unspecified atom stereocenters. The highest BCUT2D eigenvalue weighted by Gasteiger charge is 2.07. The van der Waals surface area contributed by atoms with Crippen molar-refractivity contribution in [3.05, 3.63) is 29.3 Å². The third-order valence-corrected chi connectivity index (χ3v) is 1.83. The summed E-state index contributed by atoms with van der Waals surface area (Å²) in [5.41, 5.74) is 0.828. The van der Waals surface area contributed by atoms with E-state index in [1.807, 2.05) is 0 Å². The third-order valence-electron chi connectivity index (χ3n) is 1.56. The largest absolute Gasteiger partial charge is 0.478 e. The smallest absolute Gasteiger partial charge is 0.335 e. The second kappa shape index (κ2) is 4.15. The normalized spacial score (nSPS) is 9.69. The van der Waals surface area contributed by atoms with Gasteiger partial charge in [-0.3, -0.25) is 4.55 Å². The van der Waals surface area contributed by atoms with Crippen molar-refractivity contribution in [1.29, 1.82) is 0 Å². The standard InChI is InChI=1S/C8H8O4S/c1-5-4-6(12-13-11)2-3-7(5)8(9)10/h2-4,11H,1H3,(H,9,10). The number of aryl methyl sites for hydroxylation is 1. The molecule has 0 spiro atoms. The van der Waals surface area contributed by atoms with Crippen LogP contribution in [0, 0.1) is 6.92 Å². The molecule has 13 heavy (non-hydrogen) atoms. The van der Waals surface area contributed by atoms with Crippen LogP contribution in [0.3, 0.4) is 0 Å². The summed E-state index contributed by atoms with van der Waals surface area (Å²) in [6.45, 7) is 1.67. The van der Waals surface area contributed by atoms with E-state index in [0.717, 1.165) is 0 Å². The lowest BCUT2D eigenvalue weighted by atomic mass is 10.1. The van der Waals surface area contributed by atoms with Crippen molar-refractivity contribution in [3.8, 4) is 5.75 Å². The molecule has 0 heterocycles. The van der Waals surface area contributed by atoms with Gasteiger partial charge in [-0.1, -0.05) is 0 Å². The topological polar surface area (TPSA) is 66.8 Å². The van der Waals surface area contributed by atoms with Gasteiger partial charge in [-0.25, -0.2) is 4.79 Å². The molecular weight excluding hydrogens is 192 g/mol. The maximum Gasteiger partial charge on any atom is 0.335 e. The average Bonchev–Trinajstić information content (AvgIpc) is 2.04. The summed E-state index contributed by atoms with van der Waals surface area (Å²) < 4.78 is 13.1. The van der Waals surface area contributed by atoms with Gasteiger partial charge in [0.25, 0.3) is 0 Å². The number of rotatable bonds is 3. The van der Waals surface area contributed by atoms with E-state index < -0.39 is 5.97 Å². The fourth-order valence-electron chi connectivity index (χ4n) is 0.971. The van der Waals surface area contributed by atoms with Crippen molar-refractivity contribution in [3.63, 3.8) is 0 Å². The maximum absolute atomic E-state index is 10.6. The number of carboxylic acid groups (broad SMARTS) is 1. The molecule has 1 aromatic rings. The van der Waals surface area contributed by atoms with Crippen LogP contribution in [0.5, 0.6) is 5.75 Å². The van der Waals surface area contributed by atoms with Gasteiger partial charge < -0.3 is 9.29 Å². The Balaban J connectivity index is 2.98. The number of aromatic carboxylic acids is 1. The van der Waals surface area contributed by atoms with Crippen LogP contribution in [-0.4, -0.2) is 15.6 Å². The first-order valence-corrected chi connectivity index (χ1v) is 4.17. The van der Waals surface area contributed by atoms with E-state index in [2.05, 4.69) is 0 Å². The Labute approximate surface area is 79.6 Å². The molecule has 0 saturated carbocycles. The zero-order chi connectivity index (χ0) is 9.84. The lowest BCUT2D eigenvalue weighted by molar-refractivity contribution is 0.0696. The van der Waals surface area contributed by atoms with E-state index in [4.69, 9.17) is 13.8 Å². The van der Waals surface area contributed by atoms with Crippen molar-refractivity contribution in [2.24, 2.45) is 0 Å². The maximum atomic E-state index is 10.6. The molecular formula is C8H8O4S. The molecule has 0 aliphatic carbocycles. The van der Waals surface area contributed by atoms with E-state index in [1.54, 1.807) is 13.0 Å². The molecule has 1 rings (SSSR count). The van der Waals surface area contributed by atoms with Crippen molar-refractivity contribution in [2.75, 3.05) is 0 Å². The van der Waals surface area contributed by atoms with Gasteiger partial charge >= 0.3 is 5.97 Å². The van der Waals surface area contributed by atoms with Crippen molar-refractivity contribution >= 4 is 18.3 Å². The first-order chi connectivity index (χ1) is 6.15. The minimum atomic E-state index is -0.972. The number of carboxylic acids is 1. The van der Waals surface area contributed by atoms with Crippen LogP contribution in [0.25, 0.3) is 0 Å². The Bertz CT molecular complexity index is 324. The number of hydrogen-bond donors (Lipinski definition) is 2. The van der Waals surface area contributed by atoms with E-state index in [-0.39, 0.29) is 17.9 Å². The fraction of sp³-hybridized carbons (Fsp3) is 0.125. The molecule has 70 valence electrons. The number of hydrogen-bond acceptors (Lipinski definition) is 4. The van der Waals surface area contributed by atoms with Crippen LogP contribution >= 0.6 is 12.3 Å². The van der Waals surface area contributed by atoms with Gasteiger partial charge in [-0.05, 0) is 30.7 Å². The summed E-state index contributed by atoms with van der Waals surface area (Å²) in [6, 6.07) is 4.47. The zero-order valence-electron chi connectivity index (χ0n) is 6.85.